The normalized spacial score (nSPS) is 13.2. The second-order valence-corrected chi connectivity index (χ2v) is 8.82. The summed E-state index contributed by atoms with van der Waals surface area (Å²) in [6.07, 6.45) is 1.94. The van der Waals surface area contributed by atoms with Gasteiger partial charge in [-0.15, -0.1) is 0 Å². The SMILES string of the molecule is FC(F)(F)c1ccc(Nc2nc(OCCc3ccncc3)nc3c2CCN(c2ncccc2Cl)C3)cc1. The quantitative estimate of drug-likeness (QED) is 0.323. The van der Waals surface area contributed by atoms with Gasteiger partial charge in [0.2, 0.25) is 0 Å². The maximum absolute atomic E-state index is 13.0. The molecule has 0 bridgehead atoms. The van der Waals surface area contributed by atoms with E-state index in [0.717, 1.165) is 29.0 Å². The number of aromatic nitrogens is 4. The summed E-state index contributed by atoms with van der Waals surface area (Å²) in [5.41, 5.74) is 2.42. The third-order valence-corrected chi connectivity index (χ3v) is 6.22. The lowest BCUT2D eigenvalue weighted by molar-refractivity contribution is -0.137. The van der Waals surface area contributed by atoms with Crippen LogP contribution in [0.15, 0.2) is 67.1 Å². The third kappa shape index (κ3) is 5.91. The van der Waals surface area contributed by atoms with Crippen LogP contribution in [0.4, 0.5) is 30.5 Å². The Kier molecular flexibility index (Phi) is 7.09. The van der Waals surface area contributed by atoms with Gasteiger partial charge in [0, 0.05) is 42.8 Å². The van der Waals surface area contributed by atoms with Crippen LogP contribution in [0, 0.1) is 0 Å². The molecule has 4 aromatic rings. The topological polar surface area (TPSA) is 76.1 Å². The van der Waals surface area contributed by atoms with Crippen molar-refractivity contribution >= 4 is 28.9 Å². The minimum atomic E-state index is -4.40. The molecule has 0 fully saturated rings. The summed E-state index contributed by atoms with van der Waals surface area (Å²) in [5.74, 6) is 1.15. The zero-order chi connectivity index (χ0) is 25.8. The molecule has 0 saturated heterocycles. The van der Waals surface area contributed by atoms with Crippen LogP contribution in [-0.2, 0) is 25.6 Å². The van der Waals surface area contributed by atoms with Gasteiger partial charge in [-0.3, -0.25) is 4.98 Å². The molecule has 0 saturated carbocycles. The fourth-order valence-electron chi connectivity index (χ4n) is 4.06. The van der Waals surface area contributed by atoms with E-state index in [9.17, 15) is 13.2 Å². The van der Waals surface area contributed by atoms with Crippen LogP contribution >= 0.6 is 11.6 Å². The Morgan fingerprint density at radius 3 is 2.51 bits per heavy atom. The first-order chi connectivity index (χ1) is 17.9. The molecule has 0 amide bonds. The van der Waals surface area contributed by atoms with Gasteiger partial charge in [-0.2, -0.15) is 23.1 Å². The lowest BCUT2D eigenvalue weighted by Gasteiger charge is -2.30. The maximum atomic E-state index is 13.0. The average molecular weight is 527 g/mol. The molecule has 4 heterocycles. The Balaban J connectivity index is 1.41. The smallest absolute Gasteiger partial charge is 0.416 e. The predicted octanol–water partition coefficient (Wildman–Crippen LogP) is 5.87. The number of alkyl halides is 3. The Hall–Kier alpha value is -3.92. The fourth-order valence-corrected chi connectivity index (χ4v) is 4.30. The van der Waals surface area contributed by atoms with Gasteiger partial charge in [0.05, 0.1) is 29.4 Å². The van der Waals surface area contributed by atoms with E-state index in [-0.39, 0.29) is 6.01 Å². The molecular formula is C26H22ClF3N6O. The highest BCUT2D eigenvalue weighted by molar-refractivity contribution is 6.32. The number of pyridine rings is 2. The van der Waals surface area contributed by atoms with Crippen molar-refractivity contribution in [2.24, 2.45) is 0 Å². The molecule has 1 aliphatic rings. The van der Waals surface area contributed by atoms with Gasteiger partial charge < -0.3 is 15.0 Å². The van der Waals surface area contributed by atoms with Crippen LogP contribution in [0.1, 0.15) is 22.4 Å². The summed E-state index contributed by atoms with van der Waals surface area (Å²) in [4.78, 5) is 19.7. The summed E-state index contributed by atoms with van der Waals surface area (Å²) >= 11 is 6.37. The lowest BCUT2D eigenvalue weighted by Crippen LogP contribution is -2.32. The number of ether oxygens (including phenoxy) is 1. The van der Waals surface area contributed by atoms with Gasteiger partial charge in [-0.05, 0) is 60.5 Å². The Bertz CT molecular complexity index is 1370. The highest BCUT2D eigenvalue weighted by atomic mass is 35.5. The summed E-state index contributed by atoms with van der Waals surface area (Å²) in [5, 5.41) is 3.70. The van der Waals surface area contributed by atoms with E-state index >= 15 is 0 Å². The molecular weight excluding hydrogens is 505 g/mol. The van der Waals surface area contributed by atoms with Crippen molar-refractivity contribution in [3.8, 4) is 6.01 Å². The third-order valence-electron chi connectivity index (χ3n) is 5.93. The van der Waals surface area contributed by atoms with Gasteiger partial charge in [0.25, 0.3) is 0 Å². The van der Waals surface area contributed by atoms with Crippen molar-refractivity contribution in [2.75, 3.05) is 23.4 Å². The fraction of sp³-hybridized carbons (Fsp3) is 0.231. The van der Waals surface area contributed by atoms with E-state index in [1.165, 1.54) is 12.1 Å². The Labute approximate surface area is 216 Å². The van der Waals surface area contributed by atoms with Crippen molar-refractivity contribution in [1.82, 2.24) is 19.9 Å². The first kappa shape index (κ1) is 24.8. The number of rotatable bonds is 7. The summed E-state index contributed by atoms with van der Waals surface area (Å²) in [6, 6.07) is 12.4. The summed E-state index contributed by atoms with van der Waals surface area (Å²) in [6.45, 7) is 1.40. The summed E-state index contributed by atoms with van der Waals surface area (Å²) < 4.78 is 44.9. The number of fused-ring (bicyclic) bond motifs is 1. The van der Waals surface area contributed by atoms with Gasteiger partial charge in [0.1, 0.15) is 11.6 Å². The van der Waals surface area contributed by atoms with Crippen LogP contribution in [0.2, 0.25) is 5.02 Å². The minimum Gasteiger partial charge on any atom is -0.463 e. The van der Waals surface area contributed by atoms with Crippen molar-refractivity contribution in [3.05, 3.63) is 94.5 Å². The zero-order valence-electron chi connectivity index (χ0n) is 19.5. The highest BCUT2D eigenvalue weighted by Crippen LogP contribution is 2.33. The van der Waals surface area contributed by atoms with Crippen LogP contribution < -0.4 is 15.0 Å². The second kappa shape index (κ2) is 10.6. The molecule has 1 N–H and O–H groups in total. The molecule has 11 heteroatoms. The van der Waals surface area contributed by atoms with Crippen LogP contribution in [0.25, 0.3) is 0 Å². The molecule has 190 valence electrons. The molecule has 0 spiro atoms. The molecule has 0 radical (unpaired) electrons. The van der Waals surface area contributed by atoms with Gasteiger partial charge in [-0.25, -0.2) is 4.98 Å². The number of nitrogens with one attached hydrogen (secondary N) is 1. The number of nitrogens with zero attached hydrogens (tertiary/aromatic N) is 5. The first-order valence-electron chi connectivity index (χ1n) is 11.6. The molecule has 37 heavy (non-hydrogen) atoms. The predicted molar refractivity (Wildman–Crippen MR) is 134 cm³/mol. The van der Waals surface area contributed by atoms with E-state index in [2.05, 4.69) is 25.3 Å². The van der Waals surface area contributed by atoms with Gasteiger partial charge in [0.15, 0.2) is 0 Å². The van der Waals surface area contributed by atoms with Crippen molar-refractivity contribution in [3.63, 3.8) is 0 Å². The molecule has 7 nitrogen and oxygen atoms in total. The van der Waals surface area contributed by atoms with E-state index < -0.39 is 11.7 Å². The molecule has 5 rings (SSSR count). The van der Waals surface area contributed by atoms with Gasteiger partial charge in [-0.1, -0.05) is 11.6 Å². The summed E-state index contributed by atoms with van der Waals surface area (Å²) in [7, 11) is 0. The second-order valence-electron chi connectivity index (χ2n) is 8.41. The number of benzene rings is 1. The molecule has 0 aliphatic carbocycles. The first-order valence-corrected chi connectivity index (χ1v) is 12.0. The average Bonchev–Trinajstić information content (AvgIpc) is 2.89. The molecule has 1 aliphatic heterocycles. The maximum Gasteiger partial charge on any atom is 0.416 e. The van der Waals surface area contributed by atoms with E-state index in [0.29, 0.717) is 54.9 Å². The van der Waals surface area contributed by atoms with Crippen molar-refractivity contribution in [2.45, 2.75) is 25.6 Å². The standard InChI is InChI=1S/C26H22ClF3N6O/c27-21-2-1-11-32-24(21)36-14-9-20-22(16-36)34-25(37-15-10-17-7-12-31-13-8-17)35-23(20)33-19-5-3-18(4-6-19)26(28,29)30/h1-8,11-13H,9-10,14-16H2,(H,33,34,35). The Morgan fingerprint density at radius 2 is 1.78 bits per heavy atom. The van der Waals surface area contributed by atoms with E-state index in [1.54, 1.807) is 30.7 Å². The van der Waals surface area contributed by atoms with Crippen molar-refractivity contribution in [1.29, 1.82) is 0 Å². The van der Waals surface area contributed by atoms with Crippen LogP contribution in [0.3, 0.4) is 0 Å². The van der Waals surface area contributed by atoms with E-state index in [1.807, 2.05) is 17.0 Å². The molecule has 1 aromatic carbocycles. The Morgan fingerprint density at radius 1 is 1.00 bits per heavy atom. The number of halogens is 4. The largest absolute Gasteiger partial charge is 0.463 e. The number of hydrogen-bond acceptors (Lipinski definition) is 7. The van der Waals surface area contributed by atoms with Crippen LogP contribution in [0.5, 0.6) is 6.01 Å². The van der Waals surface area contributed by atoms with Crippen molar-refractivity contribution < 1.29 is 17.9 Å². The number of anilines is 3. The highest BCUT2D eigenvalue weighted by Gasteiger charge is 2.30. The molecule has 0 unspecified atom stereocenters. The van der Waals surface area contributed by atoms with E-state index in [4.69, 9.17) is 16.3 Å². The van der Waals surface area contributed by atoms with Gasteiger partial charge >= 0.3 is 12.2 Å². The molecule has 3 aromatic heterocycles. The van der Waals surface area contributed by atoms with Crippen LogP contribution in [-0.4, -0.2) is 33.1 Å². The monoisotopic (exact) mass is 526 g/mol. The zero-order valence-corrected chi connectivity index (χ0v) is 20.3. The molecule has 0 atom stereocenters. The minimum absolute atomic E-state index is 0.177. The number of hydrogen-bond donors (Lipinski definition) is 1. The lowest BCUT2D eigenvalue weighted by atomic mass is 10.1.